The normalized spacial score (nSPS) is 34.7. The summed E-state index contributed by atoms with van der Waals surface area (Å²) in [5.74, 6) is 0.352. The van der Waals surface area contributed by atoms with E-state index in [2.05, 4.69) is 10.3 Å². The number of nitrogens with one attached hydrogen (secondary N) is 1. The van der Waals surface area contributed by atoms with Crippen LogP contribution < -0.4 is 5.32 Å². The first kappa shape index (κ1) is 11.4. The lowest BCUT2D eigenvalue weighted by Crippen LogP contribution is -2.65. The van der Waals surface area contributed by atoms with Gasteiger partial charge in [0, 0.05) is 19.0 Å². The molecule has 2 aliphatic heterocycles. The van der Waals surface area contributed by atoms with Crippen molar-refractivity contribution in [2.24, 2.45) is 5.92 Å². The summed E-state index contributed by atoms with van der Waals surface area (Å²) in [6.45, 7) is 2.99. The maximum absolute atomic E-state index is 12.1. The average Bonchev–Trinajstić information content (AvgIpc) is 2.79. The van der Waals surface area contributed by atoms with E-state index in [0.717, 1.165) is 37.3 Å². The van der Waals surface area contributed by atoms with Crippen LogP contribution >= 0.6 is 12.2 Å². The van der Waals surface area contributed by atoms with E-state index in [1.165, 1.54) is 0 Å². The van der Waals surface area contributed by atoms with Crippen molar-refractivity contribution in [3.05, 3.63) is 0 Å². The first-order chi connectivity index (χ1) is 8.27. The minimum atomic E-state index is -0.0555. The number of nitrogens with zero attached hydrogens (tertiary/aromatic N) is 2. The number of fused-ring (bicyclic) bond motifs is 1. The topological polar surface area (TPSA) is 44.8 Å². The van der Waals surface area contributed by atoms with Crippen molar-refractivity contribution in [1.29, 1.82) is 0 Å². The second-order valence-electron chi connectivity index (χ2n) is 4.81. The molecule has 0 bridgehead atoms. The van der Waals surface area contributed by atoms with E-state index in [9.17, 15) is 4.79 Å². The summed E-state index contributed by atoms with van der Waals surface area (Å²) in [6.07, 6.45) is 3.32. The van der Waals surface area contributed by atoms with E-state index >= 15 is 0 Å². The third kappa shape index (κ3) is 1.94. The molecule has 3 aliphatic rings. The summed E-state index contributed by atoms with van der Waals surface area (Å²) >= 11 is 5.27. The van der Waals surface area contributed by atoms with Gasteiger partial charge in [-0.1, -0.05) is 18.6 Å². The number of hydrogen-bond donors (Lipinski definition) is 1. The molecule has 6 heteroatoms. The Balaban J connectivity index is 1.81. The molecule has 0 radical (unpaired) electrons. The Hall–Kier alpha value is -0.720. The Labute approximate surface area is 106 Å². The fourth-order valence-electron chi connectivity index (χ4n) is 3.05. The molecule has 1 saturated carbocycles. The van der Waals surface area contributed by atoms with Crippen LogP contribution in [0.15, 0.2) is 0 Å². The lowest BCUT2D eigenvalue weighted by atomic mass is 10.0. The van der Waals surface area contributed by atoms with Crippen LogP contribution in [0.5, 0.6) is 0 Å². The number of hydrazine groups is 1. The maximum Gasteiger partial charge on any atom is 0.337 e. The SMILES string of the molecule is O=C1NC(=S)C2CCCC2N1N1CCOCC1. The molecule has 94 valence electrons. The first-order valence-electron chi connectivity index (χ1n) is 6.24. The number of amides is 2. The highest BCUT2D eigenvalue weighted by atomic mass is 32.1. The quantitative estimate of drug-likeness (QED) is 0.703. The van der Waals surface area contributed by atoms with Crippen molar-refractivity contribution in [3.63, 3.8) is 0 Å². The lowest BCUT2D eigenvalue weighted by molar-refractivity contribution is -0.0867. The Bertz CT molecular complexity index is 344. The summed E-state index contributed by atoms with van der Waals surface area (Å²) in [7, 11) is 0. The van der Waals surface area contributed by atoms with Gasteiger partial charge in [-0.2, -0.15) is 0 Å². The van der Waals surface area contributed by atoms with Gasteiger partial charge >= 0.3 is 6.03 Å². The molecule has 0 aromatic carbocycles. The van der Waals surface area contributed by atoms with Crippen LogP contribution in [0, 0.1) is 5.92 Å². The van der Waals surface area contributed by atoms with Gasteiger partial charge in [0.05, 0.1) is 24.2 Å². The number of morpholine rings is 1. The summed E-state index contributed by atoms with van der Waals surface area (Å²) in [6, 6.07) is 0.217. The molecule has 2 amide bonds. The van der Waals surface area contributed by atoms with Crippen LogP contribution in [-0.2, 0) is 4.74 Å². The molecule has 2 atom stereocenters. The van der Waals surface area contributed by atoms with Gasteiger partial charge in [-0.25, -0.2) is 9.80 Å². The minimum Gasteiger partial charge on any atom is -0.379 e. The largest absolute Gasteiger partial charge is 0.379 e. The van der Waals surface area contributed by atoms with Crippen molar-refractivity contribution < 1.29 is 9.53 Å². The van der Waals surface area contributed by atoms with Gasteiger partial charge < -0.3 is 10.1 Å². The van der Waals surface area contributed by atoms with Crippen molar-refractivity contribution in [2.75, 3.05) is 26.3 Å². The van der Waals surface area contributed by atoms with Crippen LogP contribution in [-0.4, -0.2) is 53.4 Å². The van der Waals surface area contributed by atoms with Gasteiger partial charge in [-0.15, -0.1) is 0 Å². The van der Waals surface area contributed by atoms with Gasteiger partial charge in [0.2, 0.25) is 0 Å². The van der Waals surface area contributed by atoms with E-state index in [1.807, 2.05) is 5.01 Å². The Morgan fingerprint density at radius 2 is 2.06 bits per heavy atom. The molecular weight excluding hydrogens is 238 g/mol. The van der Waals surface area contributed by atoms with Crippen LogP contribution in [0.2, 0.25) is 0 Å². The van der Waals surface area contributed by atoms with E-state index in [1.54, 1.807) is 0 Å². The molecule has 3 rings (SSSR count). The lowest BCUT2D eigenvalue weighted by Gasteiger charge is -2.45. The van der Waals surface area contributed by atoms with Gasteiger partial charge in [-0.3, -0.25) is 5.01 Å². The Morgan fingerprint density at radius 1 is 1.29 bits per heavy atom. The fraction of sp³-hybridized carbons (Fsp3) is 0.818. The molecule has 1 N–H and O–H groups in total. The monoisotopic (exact) mass is 255 g/mol. The highest BCUT2D eigenvalue weighted by Gasteiger charge is 2.44. The molecule has 0 spiro atoms. The third-order valence-electron chi connectivity index (χ3n) is 3.86. The van der Waals surface area contributed by atoms with Gasteiger partial charge in [-0.05, 0) is 12.8 Å². The van der Waals surface area contributed by atoms with Crippen LogP contribution in [0.3, 0.4) is 0 Å². The molecule has 0 aromatic heterocycles. The zero-order valence-electron chi connectivity index (χ0n) is 9.72. The molecular formula is C11H17N3O2S. The zero-order valence-corrected chi connectivity index (χ0v) is 10.5. The van der Waals surface area contributed by atoms with Crippen molar-refractivity contribution >= 4 is 23.2 Å². The van der Waals surface area contributed by atoms with Crippen molar-refractivity contribution in [1.82, 2.24) is 15.3 Å². The van der Waals surface area contributed by atoms with Crippen LogP contribution in [0.4, 0.5) is 4.79 Å². The molecule has 2 heterocycles. The third-order valence-corrected chi connectivity index (χ3v) is 4.27. The molecule has 3 fully saturated rings. The van der Waals surface area contributed by atoms with Crippen molar-refractivity contribution in [2.45, 2.75) is 25.3 Å². The highest BCUT2D eigenvalue weighted by Crippen LogP contribution is 2.34. The summed E-state index contributed by atoms with van der Waals surface area (Å²) < 4.78 is 5.33. The standard InChI is InChI=1S/C11H17N3O2S/c15-11-12-10(17)8-2-1-3-9(8)14(11)13-4-6-16-7-5-13/h8-9H,1-7H2,(H,12,15,17). The maximum atomic E-state index is 12.1. The molecule has 17 heavy (non-hydrogen) atoms. The van der Waals surface area contributed by atoms with E-state index in [4.69, 9.17) is 17.0 Å². The van der Waals surface area contributed by atoms with Gasteiger partial charge in [0.1, 0.15) is 0 Å². The summed E-state index contributed by atoms with van der Waals surface area (Å²) in [4.78, 5) is 12.8. The minimum absolute atomic E-state index is 0.0555. The molecule has 2 saturated heterocycles. The van der Waals surface area contributed by atoms with E-state index in [-0.39, 0.29) is 12.1 Å². The predicted octanol–water partition coefficient (Wildman–Crippen LogP) is 0.755. The number of rotatable bonds is 1. The molecule has 5 nitrogen and oxygen atoms in total. The highest BCUT2D eigenvalue weighted by molar-refractivity contribution is 7.80. The number of hydrogen-bond acceptors (Lipinski definition) is 4. The number of carbonyl (C=O) groups excluding carboxylic acids is 1. The summed E-state index contributed by atoms with van der Waals surface area (Å²) in [5.41, 5.74) is 0. The average molecular weight is 255 g/mol. The van der Waals surface area contributed by atoms with Crippen molar-refractivity contribution in [3.8, 4) is 0 Å². The number of carbonyl (C=O) groups is 1. The Morgan fingerprint density at radius 3 is 2.82 bits per heavy atom. The number of thiocarbonyl (C=S) groups is 1. The second-order valence-corrected chi connectivity index (χ2v) is 5.25. The second kappa shape index (κ2) is 4.51. The molecule has 0 aromatic rings. The zero-order chi connectivity index (χ0) is 11.8. The van der Waals surface area contributed by atoms with E-state index < -0.39 is 0 Å². The fourth-order valence-corrected chi connectivity index (χ4v) is 3.41. The molecule has 2 unspecified atom stereocenters. The smallest absolute Gasteiger partial charge is 0.337 e. The van der Waals surface area contributed by atoms with Gasteiger partial charge in [0.15, 0.2) is 0 Å². The predicted molar refractivity (Wildman–Crippen MR) is 66.5 cm³/mol. The number of ether oxygens (including phenoxy) is 1. The number of urea groups is 1. The van der Waals surface area contributed by atoms with Crippen LogP contribution in [0.1, 0.15) is 19.3 Å². The van der Waals surface area contributed by atoms with Gasteiger partial charge in [0.25, 0.3) is 0 Å². The first-order valence-corrected chi connectivity index (χ1v) is 6.65. The Kier molecular flexibility index (Phi) is 3.02. The summed E-state index contributed by atoms with van der Waals surface area (Å²) in [5, 5.41) is 6.85. The van der Waals surface area contributed by atoms with E-state index in [0.29, 0.717) is 19.1 Å². The van der Waals surface area contributed by atoms with Crippen LogP contribution in [0.25, 0.3) is 0 Å². The molecule has 1 aliphatic carbocycles.